The van der Waals surface area contributed by atoms with Gasteiger partial charge in [0.25, 0.3) is 0 Å². The SMILES string of the molecule is NC(=O)CNC(=O)N1C[C@H](O)C[C@H]1C(=O)O. The van der Waals surface area contributed by atoms with Gasteiger partial charge in [-0.25, -0.2) is 9.59 Å². The summed E-state index contributed by atoms with van der Waals surface area (Å²) in [5, 5.41) is 20.2. The molecule has 90 valence electrons. The highest BCUT2D eigenvalue weighted by Gasteiger charge is 2.38. The van der Waals surface area contributed by atoms with Gasteiger partial charge in [-0.1, -0.05) is 0 Å². The summed E-state index contributed by atoms with van der Waals surface area (Å²) in [6.45, 7) is -0.431. The minimum atomic E-state index is -1.19. The number of nitrogens with two attached hydrogens (primary N) is 1. The Balaban J connectivity index is 2.59. The van der Waals surface area contributed by atoms with Crippen LogP contribution in [0.5, 0.6) is 0 Å². The Hall–Kier alpha value is -1.83. The largest absolute Gasteiger partial charge is 0.480 e. The Morgan fingerprint density at radius 2 is 2.06 bits per heavy atom. The van der Waals surface area contributed by atoms with Crippen LogP contribution in [0.2, 0.25) is 0 Å². The van der Waals surface area contributed by atoms with Gasteiger partial charge < -0.3 is 26.2 Å². The number of urea groups is 1. The lowest BCUT2D eigenvalue weighted by Crippen LogP contribution is -2.48. The lowest BCUT2D eigenvalue weighted by atomic mass is 10.2. The molecule has 0 aromatic carbocycles. The molecular formula is C8H13N3O5. The number of rotatable bonds is 3. The van der Waals surface area contributed by atoms with Gasteiger partial charge in [0.2, 0.25) is 5.91 Å². The molecule has 0 aliphatic carbocycles. The first kappa shape index (κ1) is 12.2. The van der Waals surface area contributed by atoms with Crippen LogP contribution in [-0.2, 0) is 9.59 Å². The third-order valence-electron chi connectivity index (χ3n) is 2.24. The fourth-order valence-corrected chi connectivity index (χ4v) is 1.54. The number of hydrogen-bond acceptors (Lipinski definition) is 4. The van der Waals surface area contributed by atoms with E-state index in [-0.39, 0.29) is 19.5 Å². The van der Waals surface area contributed by atoms with Crippen molar-refractivity contribution in [1.82, 2.24) is 10.2 Å². The summed E-state index contributed by atoms with van der Waals surface area (Å²) in [4.78, 5) is 33.6. The average Bonchev–Trinajstić information content (AvgIpc) is 2.56. The summed E-state index contributed by atoms with van der Waals surface area (Å²) >= 11 is 0. The van der Waals surface area contributed by atoms with Gasteiger partial charge in [-0.05, 0) is 0 Å². The van der Waals surface area contributed by atoms with Gasteiger partial charge in [0.1, 0.15) is 6.04 Å². The number of nitrogens with one attached hydrogen (secondary N) is 1. The molecule has 0 spiro atoms. The number of primary amides is 1. The maximum absolute atomic E-state index is 11.4. The minimum absolute atomic E-state index is 0.0146. The molecular weight excluding hydrogens is 218 g/mol. The summed E-state index contributed by atoms with van der Waals surface area (Å²) in [5.74, 6) is -1.91. The van der Waals surface area contributed by atoms with Crippen LogP contribution in [0.4, 0.5) is 4.79 Å². The standard InChI is InChI=1S/C8H13N3O5/c9-6(13)2-10-8(16)11-3-4(12)1-5(11)7(14)15/h4-5,12H,1-3H2,(H2,9,13)(H,10,16)(H,14,15)/t4-,5+/m1/s1. The summed E-state index contributed by atoms with van der Waals surface area (Å²) < 4.78 is 0. The van der Waals surface area contributed by atoms with Crippen molar-refractivity contribution in [3.63, 3.8) is 0 Å². The van der Waals surface area contributed by atoms with E-state index in [9.17, 15) is 19.5 Å². The molecule has 1 aliphatic heterocycles. The fraction of sp³-hybridized carbons (Fsp3) is 0.625. The normalized spacial score (nSPS) is 24.2. The molecule has 0 saturated carbocycles. The van der Waals surface area contributed by atoms with Gasteiger partial charge in [0.05, 0.1) is 12.6 Å². The first-order valence-electron chi connectivity index (χ1n) is 4.65. The average molecular weight is 231 g/mol. The van der Waals surface area contributed by atoms with Gasteiger partial charge in [-0.3, -0.25) is 4.79 Å². The van der Waals surface area contributed by atoms with Crippen LogP contribution in [0, 0.1) is 0 Å². The van der Waals surface area contributed by atoms with E-state index in [0.29, 0.717) is 0 Å². The third-order valence-corrected chi connectivity index (χ3v) is 2.24. The van der Waals surface area contributed by atoms with Crippen LogP contribution in [0.3, 0.4) is 0 Å². The van der Waals surface area contributed by atoms with E-state index in [2.05, 4.69) is 5.32 Å². The molecule has 1 aliphatic rings. The number of hydrogen-bond donors (Lipinski definition) is 4. The molecule has 8 nitrogen and oxygen atoms in total. The number of nitrogens with zero attached hydrogens (tertiary/aromatic N) is 1. The molecule has 0 aromatic heterocycles. The predicted octanol–water partition coefficient (Wildman–Crippen LogP) is -2.30. The molecule has 16 heavy (non-hydrogen) atoms. The van der Waals surface area contributed by atoms with Crippen molar-refractivity contribution in [3.05, 3.63) is 0 Å². The molecule has 5 N–H and O–H groups in total. The molecule has 1 rings (SSSR count). The Morgan fingerprint density at radius 1 is 1.44 bits per heavy atom. The van der Waals surface area contributed by atoms with Crippen molar-refractivity contribution in [1.29, 1.82) is 0 Å². The van der Waals surface area contributed by atoms with Gasteiger partial charge in [-0.15, -0.1) is 0 Å². The topological polar surface area (TPSA) is 133 Å². The second-order valence-electron chi connectivity index (χ2n) is 3.52. The number of likely N-dealkylation sites (tertiary alicyclic amines) is 1. The van der Waals surface area contributed by atoms with Gasteiger partial charge in [-0.2, -0.15) is 0 Å². The predicted molar refractivity (Wildman–Crippen MR) is 51.3 cm³/mol. The van der Waals surface area contributed by atoms with Gasteiger partial charge in [0.15, 0.2) is 0 Å². The maximum Gasteiger partial charge on any atom is 0.326 e. The Labute approximate surface area is 91.0 Å². The smallest absolute Gasteiger partial charge is 0.326 e. The molecule has 0 aromatic rings. The second kappa shape index (κ2) is 4.79. The highest BCUT2D eigenvalue weighted by molar-refractivity contribution is 5.86. The number of carboxylic acid groups (broad SMARTS) is 1. The van der Waals surface area contributed by atoms with Crippen molar-refractivity contribution < 1.29 is 24.6 Å². The van der Waals surface area contributed by atoms with E-state index in [0.717, 1.165) is 4.90 Å². The Morgan fingerprint density at radius 3 is 2.56 bits per heavy atom. The van der Waals surface area contributed by atoms with E-state index in [1.165, 1.54) is 0 Å². The molecule has 1 fully saturated rings. The van der Waals surface area contributed by atoms with Crippen molar-refractivity contribution in [2.24, 2.45) is 5.73 Å². The van der Waals surface area contributed by atoms with Crippen molar-refractivity contribution >= 4 is 17.9 Å². The zero-order valence-electron chi connectivity index (χ0n) is 8.42. The number of β-amino-alcohol motifs (C(OH)–C–C–N with tert-alkyl or cyclic N) is 1. The lowest BCUT2D eigenvalue weighted by molar-refractivity contribution is -0.141. The van der Waals surface area contributed by atoms with Gasteiger partial charge >= 0.3 is 12.0 Å². The number of aliphatic carboxylic acids is 1. The van der Waals surface area contributed by atoms with E-state index < -0.39 is 30.1 Å². The summed E-state index contributed by atoms with van der Waals surface area (Å²) in [6, 6.07) is -1.79. The number of carboxylic acids is 1. The number of carbonyl (C=O) groups is 3. The van der Waals surface area contributed by atoms with Crippen LogP contribution < -0.4 is 11.1 Å². The Kier molecular flexibility index (Phi) is 3.67. The molecule has 0 bridgehead atoms. The first-order valence-corrected chi connectivity index (χ1v) is 4.65. The highest BCUT2D eigenvalue weighted by atomic mass is 16.4. The summed E-state index contributed by atoms with van der Waals surface area (Å²) in [6.07, 6.45) is -0.875. The quantitative estimate of drug-likeness (QED) is 0.433. The van der Waals surface area contributed by atoms with E-state index >= 15 is 0 Å². The zero-order chi connectivity index (χ0) is 12.3. The highest BCUT2D eigenvalue weighted by Crippen LogP contribution is 2.17. The number of aliphatic hydroxyl groups is 1. The van der Waals surface area contributed by atoms with Crippen molar-refractivity contribution in [2.75, 3.05) is 13.1 Å². The second-order valence-corrected chi connectivity index (χ2v) is 3.52. The van der Waals surface area contributed by atoms with Crippen LogP contribution >= 0.6 is 0 Å². The van der Waals surface area contributed by atoms with Crippen LogP contribution in [0.1, 0.15) is 6.42 Å². The van der Waals surface area contributed by atoms with Crippen LogP contribution in [0.25, 0.3) is 0 Å². The molecule has 8 heteroatoms. The van der Waals surface area contributed by atoms with Gasteiger partial charge in [0, 0.05) is 13.0 Å². The number of amides is 3. The molecule has 3 amide bonds. The molecule has 0 radical (unpaired) electrons. The van der Waals surface area contributed by atoms with E-state index in [4.69, 9.17) is 10.8 Å². The Bertz CT molecular complexity index is 319. The lowest BCUT2D eigenvalue weighted by Gasteiger charge is -2.20. The summed E-state index contributed by atoms with van der Waals surface area (Å²) in [5.41, 5.74) is 4.82. The monoisotopic (exact) mass is 231 g/mol. The molecule has 0 unspecified atom stereocenters. The fourth-order valence-electron chi connectivity index (χ4n) is 1.54. The van der Waals surface area contributed by atoms with E-state index in [1.54, 1.807) is 0 Å². The zero-order valence-corrected chi connectivity index (χ0v) is 8.42. The summed E-state index contributed by atoms with van der Waals surface area (Å²) in [7, 11) is 0. The van der Waals surface area contributed by atoms with Crippen molar-refractivity contribution in [3.8, 4) is 0 Å². The van der Waals surface area contributed by atoms with E-state index in [1.807, 2.05) is 0 Å². The number of aliphatic hydroxyl groups excluding tert-OH is 1. The minimum Gasteiger partial charge on any atom is -0.480 e. The van der Waals surface area contributed by atoms with Crippen LogP contribution in [-0.4, -0.2) is 58.3 Å². The molecule has 2 atom stereocenters. The molecule has 1 heterocycles. The third kappa shape index (κ3) is 2.83. The molecule has 1 saturated heterocycles. The van der Waals surface area contributed by atoms with Crippen molar-refractivity contribution in [2.45, 2.75) is 18.6 Å². The van der Waals surface area contributed by atoms with Crippen LogP contribution in [0.15, 0.2) is 0 Å². The first-order chi connectivity index (χ1) is 7.41. The number of carbonyl (C=O) groups excluding carboxylic acids is 2. The maximum atomic E-state index is 11.4.